The van der Waals surface area contributed by atoms with Crippen molar-refractivity contribution in [3.8, 4) is 22.1 Å². The number of nitrogens with one attached hydrogen (secondary N) is 1. The van der Waals surface area contributed by atoms with Crippen molar-refractivity contribution >= 4 is 28.3 Å². The van der Waals surface area contributed by atoms with Crippen LogP contribution < -0.4 is 14.8 Å². The quantitative estimate of drug-likeness (QED) is 0.824. The first kappa shape index (κ1) is 20.1. The highest BCUT2D eigenvalue weighted by Gasteiger charge is 2.39. The summed E-state index contributed by atoms with van der Waals surface area (Å²) in [6.45, 7) is 6.30. The number of anilines is 1. The molecule has 0 aliphatic carbocycles. The van der Waals surface area contributed by atoms with Crippen molar-refractivity contribution in [3.63, 3.8) is 0 Å². The SMILES string of the molecule is COc1cc(OC)cc(-c2nnc(NC(=O)C3CC(=O)N(C(C)(C)C)C3)s2)c1. The summed E-state index contributed by atoms with van der Waals surface area (Å²) in [5.41, 5.74) is 0.483. The van der Waals surface area contributed by atoms with Gasteiger partial charge in [0.25, 0.3) is 0 Å². The van der Waals surface area contributed by atoms with Crippen LogP contribution in [0.5, 0.6) is 11.5 Å². The fourth-order valence-electron chi connectivity index (χ4n) is 3.06. The zero-order valence-electron chi connectivity index (χ0n) is 16.6. The van der Waals surface area contributed by atoms with Crippen LogP contribution >= 0.6 is 11.3 Å². The van der Waals surface area contributed by atoms with Crippen LogP contribution in [0.25, 0.3) is 10.6 Å². The predicted molar refractivity (Wildman–Crippen MR) is 107 cm³/mol. The van der Waals surface area contributed by atoms with Crippen molar-refractivity contribution in [1.82, 2.24) is 15.1 Å². The molecule has 0 radical (unpaired) electrons. The van der Waals surface area contributed by atoms with Crippen molar-refractivity contribution in [2.45, 2.75) is 32.7 Å². The van der Waals surface area contributed by atoms with Gasteiger partial charge >= 0.3 is 0 Å². The fourth-order valence-corrected chi connectivity index (χ4v) is 3.79. The summed E-state index contributed by atoms with van der Waals surface area (Å²) in [4.78, 5) is 26.5. The molecule has 0 bridgehead atoms. The van der Waals surface area contributed by atoms with Gasteiger partial charge in [0.2, 0.25) is 16.9 Å². The second-order valence-corrected chi connectivity index (χ2v) is 8.56. The Hall–Kier alpha value is -2.68. The highest BCUT2D eigenvalue weighted by Crippen LogP contribution is 2.33. The Balaban J connectivity index is 1.72. The zero-order valence-corrected chi connectivity index (χ0v) is 17.4. The van der Waals surface area contributed by atoms with Gasteiger partial charge in [-0.15, -0.1) is 10.2 Å². The van der Waals surface area contributed by atoms with Crippen LogP contribution in [0.15, 0.2) is 18.2 Å². The Kier molecular flexibility index (Phi) is 5.55. The maximum atomic E-state index is 12.6. The first-order valence-electron chi connectivity index (χ1n) is 8.89. The molecule has 1 aliphatic rings. The van der Waals surface area contributed by atoms with Gasteiger partial charge in [0.1, 0.15) is 16.5 Å². The lowest BCUT2D eigenvalue weighted by molar-refractivity contribution is -0.131. The number of methoxy groups -OCH3 is 2. The molecule has 9 heteroatoms. The first-order chi connectivity index (χ1) is 13.2. The van der Waals surface area contributed by atoms with Crippen molar-refractivity contribution in [2.24, 2.45) is 5.92 Å². The topological polar surface area (TPSA) is 93.6 Å². The van der Waals surface area contributed by atoms with Crippen LogP contribution in [-0.4, -0.2) is 53.2 Å². The van der Waals surface area contributed by atoms with Gasteiger partial charge in [-0.25, -0.2) is 0 Å². The minimum atomic E-state index is -0.393. The molecule has 0 saturated carbocycles. The van der Waals surface area contributed by atoms with Gasteiger partial charge in [0.05, 0.1) is 20.1 Å². The van der Waals surface area contributed by atoms with E-state index in [-0.39, 0.29) is 23.8 Å². The monoisotopic (exact) mass is 404 g/mol. The summed E-state index contributed by atoms with van der Waals surface area (Å²) in [6.07, 6.45) is 0.210. The van der Waals surface area contributed by atoms with E-state index in [1.165, 1.54) is 11.3 Å². The number of rotatable bonds is 5. The Morgan fingerprint density at radius 3 is 2.36 bits per heavy atom. The highest BCUT2D eigenvalue weighted by molar-refractivity contribution is 7.18. The highest BCUT2D eigenvalue weighted by atomic mass is 32.1. The number of carbonyl (C=O) groups is 2. The second-order valence-electron chi connectivity index (χ2n) is 7.58. The third-order valence-corrected chi connectivity index (χ3v) is 5.45. The number of hydrogen-bond donors (Lipinski definition) is 1. The minimum Gasteiger partial charge on any atom is -0.497 e. The lowest BCUT2D eigenvalue weighted by atomic mass is 10.1. The molecule has 3 rings (SSSR count). The van der Waals surface area contributed by atoms with Crippen LogP contribution in [0.2, 0.25) is 0 Å². The van der Waals surface area contributed by atoms with E-state index in [9.17, 15) is 9.59 Å². The minimum absolute atomic E-state index is 0.00548. The first-order valence-corrected chi connectivity index (χ1v) is 9.71. The van der Waals surface area contributed by atoms with Crippen molar-refractivity contribution in [1.29, 1.82) is 0 Å². The molecule has 28 heavy (non-hydrogen) atoms. The van der Waals surface area contributed by atoms with Crippen molar-refractivity contribution in [2.75, 3.05) is 26.1 Å². The van der Waals surface area contributed by atoms with E-state index >= 15 is 0 Å². The van der Waals surface area contributed by atoms with E-state index in [0.29, 0.717) is 28.2 Å². The summed E-state index contributed by atoms with van der Waals surface area (Å²) in [5, 5.41) is 12.0. The molecule has 1 aromatic heterocycles. The maximum absolute atomic E-state index is 12.6. The lowest BCUT2D eigenvalue weighted by Crippen LogP contribution is -2.42. The molecule has 1 fully saturated rings. The average molecular weight is 404 g/mol. The van der Waals surface area contributed by atoms with E-state index in [1.54, 1.807) is 25.2 Å². The molecular formula is C19H24N4O4S. The smallest absolute Gasteiger partial charge is 0.231 e. The predicted octanol–water partition coefficient (Wildman–Crippen LogP) is 2.81. The summed E-state index contributed by atoms with van der Waals surface area (Å²) in [5.74, 6) is 0.667. The molecule has 150 valence electrons. The zero-order chi connectivity index (χ0) is 20.5. The van der Waals surface area contributed by atoms with Gasteiger partial charge in [0, 0.05) is 30.1 Å². The van der Waals surface area contributed by atoms with Gasteiger partial charge in [-0.1, -0.05) is 11.3 Å². The molecule has 2 heterocycles. The molecule has 1 aliphatic heterocycles. The average Bonchev–Trinajstić information content (AvgIpc) is 3.27. The van der Waals surface area contributed by atoms with E-state index in [0.717, 1.165) is 5.56 Å². The third-order valence-electron chi connectivity index (χ3n) is 4.56. The molecule has 1 unspecified atom stereocenters. The van der Waals surface area contributed by atoms with E-state index in [2.05, 4.69) is 15.5 Å². The number of nitrogens with zero attached hydrogens (tertiary/aromatic N) is 3. The molecule has 2 amide bonds. The van der Waals surface area contributed by atoms with E-state index < -0.39 is 5.92 Å². The second kappa shape index (κ2) is 7.75. The molecule has 1 aromatic carbocycles. The standard InChI is InChI=1S/C19H24N4O4S/c1-19(2,3)23-10-12(8-15(23)24)16(25)20-18-22-21-17(28-18)11-6-13(26-4)9-14(7-11)27-5/h6-7,9,12H,8,10H2,1-5H3,(H,20,22,25). The van der Waals surface area contributed by atoms with Gasteiger partial charge in [-0.2, -0.15) is 0 Å². The Labute approximate surface area is 167 Å². The number of hydrogen-bond acceptors (Lipinski definition) is 7. The van der Waals surface area contributed by atoms with E-state index in [1.807, 2.05) is 32.9 Å². The summed E-state index contributed by atoms with van der Waals surface area (Å²) in [6, 6.07) is 5.42. The number of aromatic nitrogens is 2. The van der Waals surface area contributed by atoms with Crippen molar-refractivity contribution in [3.05, 3.63) is 18.2 Å². The number of ether oxygens (including phenoxy) is 2. The Bertz CT molecular complexity index is 868. The van der Waals surface area contributed by atoms with Gasteiger partial charge in [-0.3, -0.25) is 9.59 Å². The van der Waals surface area contributed by atoms with E-state index in [4.69, 9.17) is 9.47 Å². The van der Waals surface area contributed by atoms with Gasteiger partial charge < -0.3 is 19.7 Å². The normalized spacial score (nSPS) is 17.0. The van der Waals surface area contributed by atoms with Crippen LogP contribution in [-0.2, 0) is 9.59 Å². The number of amides is 2. The molecule has 0 spiro atoms. The molecule has 1 saturated heterocycles. The van der Waals surface area contributed by atoms with Crippen molar-refractivity contribution < 1.29 is 19.1 Å². The van der Waals surface area contributed by atoms with Crippen LogP contribution in [0.1, 0.15) is 27.2 Å². The number of benzene rings is 1. The van der Waals surface area contributed by atoms with Crippen LogP contribution in [0, 0.1) is 5.92 Å². The van der Waals surface area contributed by atoms with Gasteiger partial charge in [-0.05, 0) is 32.9 Å². The maximum Gasteiger partial charge on any atom is 0.231 e. The van der Waals surface area contributed by atoms with Crippen LogP contribution in [0.4, 0.5) is 5.13 Å². The molecule has 2 aromatic rings. The van der Waals surface area contributed by atoms with Gasteiger partial charge in [0.15, 0.2) is 0 Å². The molecule has 8 nitrogen and oxygen atoms in total. The van der Waals surface area contributed by atoms with Crippen LogP contribution in [0.3, 0.4) is 0 Å². The summed E-state index contributed by atoms with van der Waals surface area (Å²) >= 11 is 1.25. The molecular weight excluding hydrogens is 380 g/mol. The molecule has 1 N–H and O–H groups in total. The number of carbonyl (C=O) groups excluding carboxylic acids is 2. The fraction of sp³-hybridized carbons (Fsp3) is 0.474. The lowest BCUT2D eigenvalue weighted by Gasteiger charge is -2.31. The molecule has 1 atom stereocenters. The largest absolute Gasteiger partial charge is 0.497 e. The third kappa shape index (κ3) is 4.24. The summed E-state index contributed by atoms with van der Waals surface area (Å²) < 4.78 is 10.6. The Morgan fingerprint density at radius 1 is 1.18 bits per heavy atom. The Morgan fingerprint density at radius 2 is 1.82 bits per heavy atom. The number of likely N-dealkylation sites (tertiary alicyclic amines) is 1. The summed E-state index contributed by atoms with van der Waals surface area (Å²) in [7, 11) is 3.15.